The third-order valence-electron chi connectivity index (χ3n) is 4.94. The Morgan fingerprint density at radius 2 is 1.96 bits per heavy atom. The predicted molar refractivity (Wildman–Crippen MR) is 104 cm³/mol. The monoisotopic (exact) mass is 350 g/mol. The Kier molecular flexibility index (Phi) is 4.30. The van der Waals surface area contributed by atoms with E-state index in [0.29, 0.717) is 6.54 Å². The molecule has 3 nitrogen and oxygen atoms in total. The average Bonchev–Trinajstić information content (AvgIpc) is 2.95. The highest BCUT2D eigenvalue weighted by molar-refractivity contribution is 7.22. The van der Waals surface area contributed by atoms with Gasteiger partial charge in [-0.25, -0.2) is 4.98 Å². The maximum absolute atomic E-state index is 13.1. The zero-order valence-electron chi connectivity index (χ0n) is 14.7. The van der Waals surface area contributed by atoms with Crippen LogP contribution in [-0.2, 0) is 11.3 Å². The Hall–Kier alpha value is -2.20. The van der Waals surface area contributed by atoms with Crippen molar-refractivity contribution in [3.05, 3.63) is 59.2 Å². The van der Waals surface area contributed by atoms with Gasteiger partial charge in [-0.2, -0.15) is 0 Å². The van der Waals surface area contributed by atoms with Crippen LogP contribution in [0.15, 0.2) is 42.5 Å². The summed E-state index contributed by atoms with van der Waals surface area (Å²) in [5.41, 5.74) is 4.58. The first kappa shape index (κ1) is 16.3. The highest BCUT2D eigenvalue weighted by Crippen LogP contribution is 2.36. The number of hydrogen-bond acceptors (Lipinski definition) is 3. The lowest BCUT2D eigenvalue weighted by atomic mass is 9.84. The summed E-state index contributed by atoms with van der Waals surface area (Å²) in [6.07, 6.45) is 3.17. The fourth-order valence-electron chi connectivity index (χ4n) is 3.36. The molecule has 1 aliphatic rings. The van der Waals surface area contributed by atoms with Gasteiger partial charge in [0.05, 0.1) is 16.8 Å². The van der Waals surface area contributed by atoms with Crippen molar-refractivity contribution in [2.45, 2.75) is 39.7 Å². The Labute approximate surface area is 152 Å². The van der Waals surface area contributed by atoms with Gasteiger partial charge in [0.15, 0.2) is 5.13 Å². The van der Waals surface area contributed by atoms with Crippen molar-refractivity contribution in [1.82, 2.24) is 4.98 Å². The third kappa shape index (κ3) is 3.19. The van der Waals surface area contributed by atoms with Gasteiger partial charge in [-0.3, -0.25) is 9.69 Å². The molecule has 1 heterocycles. The van der Waals surface area contributed by atoms with Crippen LogP contribution in [0.4, 0.5) is 5.13 Å². The molecule has 25 heavy (non-hydrogen) atoms. The molecule has 1 amide bonds. The molecule has 0 unspecified atom stereocenters. The van der Waals surface area contributed by atoms with Crippen molar-refractivity contribution in [2.75, 3.05) is 4.90 Å². The molecular formula is C21H22N2OS. The molecule has 0 N–H and O–H groups in total. The van der Waals surface area contributed by atoms with E-state index in [2.05, 4.69) is 38.1 Å². The van der Waals surface area contributed by atoms with E-state index in [0.717, 1.165) is 35.5 Å². The molecule has 0 bridgehead atoms. The SMILES string of the molecule is Cc1cc(C)c2sc(N(Cc3ccccc3)C(=O)C3CCC3)nc2c1. The third-order valence-corrected chi connectivity index (χ3v) is 6.17. The topological polar surface area (TPSA) is 33.2 Å². The van der Waals surface area contributed by atoms with Gasteiger partial charge in [0, 0.05) is 5.92 Å². The molecule has 0 atom stereocenters. The molecule has 1 aliphatic carbocycles. The summed E-state index contributed by atoms with van der Waals surface area (Å²) >= 11 is 1.63. The minimum Gasteiger partial charge on any atom is -0.283 e. The van der Waals surface area contributed by atoms with E-state index >= 15 is 0 Å². The van der Waals surface area contributed by atoms with Crippen LogP contribution in [0.1, 0.15) is 36.0 Å². The second-order valence-corrected chi connectivity index (χ2v) is 7.94. The quantitative estimate of drug-likeness (QED) is 0.644. The van der Waals surface area contributed by atoms with Crippen molar-refractivity contribution in [3.8, 4) is 0 Å². The lowest BCUT2D eigenvalue weighted by molar-refractivity contribution is -0.124. The average molecular weight is 350 g/mol. The fraction of sp³-hybridized carbons (Fsp3) is 0.333. The molecule has 4 heteroatoms. The van der Waals surface area contributed by atoms with E-state index in [4.69, 9.17) is 4.98 Å². The molecule has 3 aromatic rings. The summed E-state index contributed by atoms with van der Waals surface area (Å²) in [6, 6.07) is 14.5. The summed E-state index contributed by atoms with van der Waals surface area (Å²) in [7, 11) is 0. The van der Waals surface area contributed by atoms with Crippen LogP contribution in [0.2, 0.25) is 0 Å². The number of nitrogens with zero attached hydrogens (tertiary/aromatic N) is 2. The van der Waals surface area contributed by atoms with E-state index in [1.54, 1.807) is 11.3 Å². The van der Waals surface area contributed by atoms with Gasteiger partial charge in [0.2, 0.25) is 5.91 Å². The molecular weight excluding hydrogens is 328 g/mol. The normalized spacial score (nSPS) is 14.5. The van der Waals surface area contributed by atoms with Crippen LogP contribution in [0.3, 0.4) is 0 Å². The molecule has 0 aliphatic heterocycles. The maximum atomic E-state index is 13.1. The Bertz CT molecular complexity index is 912. The molecule has 1 saturated carbocycles. The minimum atomic E-state index is 0.165. The van der Waals surface area contributed by atoms with Crippen LogP contribution in [0.25, 0.3) is 10.2 Å². The number of amides is 1. The number of aryl methyl sites for hydroxylation is 2. The van der Waals surface area contributed by atoms with Gasteiger partial charge in [-0.05, 0) is 49.4 Å². The Morgan fingerprint density at radius 3 is 2.64 bits per heavy atom. The molecule has 4 rings (SSSR count). The number of hydrogen-bond donors (Lipinski definition) is 0. The van der Waals surface area contributed by atoms with Crippen molar-refractivity contribution in [2.24, 2.45) is 5.92 Å². The lowest BCUT2D eigenvalue weighted by Crippen LogP contribution is -2.38. The van der Waals surface area contributed by atoms with Gasteiger partial charge in [-0.1, -0.05) is 54.2 Å². The molecule has 128 valence electrons. The highest BCUT2D eigenvalue weighted by Gasteiger charge is 2.31. The van der Waals surface area contributed by atoms with E-state index in [9.17, 15) is 4.79 Å². The van der Waals surface area contributed by atoms with Crippen LogP contribution < -0.4 is 4.90 Å². The number of fused-ring (bicyclic) bond motifs is 1. The Balaban J connectivity index is 1.74. The summed E-state index contributed by atoms with van der Waals surface area (Å²) < 4.78 is 1.18. The Morgan fingerprint density at radius 1 is 1.20 bits per heavy atom. The number of carbonyl (C=O) groups is 1. The number of anilines is 1. The van der Waals surface area contributed by atoms with Gasteiger partial charge < -0.3 is 0 Å². The van der Waals surface area contributed by atoms with Crippen LogP contribution in [0, 0.1) is 19.8 Å². The van der Waals surface area contributed by atoms with Gasteiger partial charge in [0.1, 0.15) is 0 Å². The van der Waals surface area contributed by atoms with E-state index in [1.807, 2.05) is 23.1 Å². The van der Waals surface area contributed by atoms with E-state index in [1.165, 1.54) is 15.8 Å². The number of rotatable bonds is 4. The van der Waals surface area contributed by atoms with Crippen LogP contribution >= 0.6 is 11.3 Å². The van der Waals surface area contributed by atoms with E-state index < -0.39 is 0 Å². The summed E-state index contributed by atoms with van der Waals surface area (Å²) in [4.78, 5) is 19.8. The van der Waals surface area contributed by atoms with Gasteiger partial charge in [-0.15, -0.1) is 0 Å². The second kappa shape index (κ2) is 6.60. The van der Waals surface area contributed by atoms with Crippen LogP contribution in [-0.4, -0.2) is 10.9 Å². The standard InChI is InChI=1S/C21H22N2OS/c1-14-11-15(2)19-18(12-14)22-21(25-19)23(20(24)17-9-6-10-17)13-16-7-4-3-5-8-16/h3-5,7-8,11-12,17H,6,9-10,13H2,1-2H3. The van der Waals surface area contributed by atoms with E-state index in [-0.39, 0.29) is 11.8 Å². The molecule has 1 aromatic heterocycles. The number of thiazole rings is 1. The van der Waals surface area contributed by atoms with Crippen molar-refractivity contribution in [3.63, 3.8) is 0 Å². The molecule has 0 radical (unpaired) electrons. The highest BCUT2D eigenvalue weighted by atomic mass is 32.1. The maximum Gasteiger partial charge on any atom is 0.232 e. The predicted octanol–water partition coefficient (Wildman–Crippen LogP) is 5.25. The van der Waals surface area contributed by atoms with Crippen molar-refractivity contribution >= 4 is 32.6 Å². The second-order valence-electron chi connectivity index (χ2n) is 6.96. The largest absolute Gasteiger partial charge is 0.283 e. The molecule has 2 aromatic carbocycles. The number of benzene rings is 2. The first-order valence-corrected chi connectivity index (χ1v) is 9.66. The molecule has 1 fully saturated rings. The lowest BCUT2D eigenvalue weighted by Gasteiger charge is -2.30. The molecule has 0 spiro atoms. The minimum absolute atomic E-state index is 0.165. The smallest absolute Gasteiger partial charge is 0.232 e. The first-order chi connectivity index (χ1) is 12.1. The zero-order chi connectivity index (χ0) is 17.4. The number of aromatic nitrogens is 1. The first-order valence-electron chi connectivity index (χ1n) is 8.85. The zero-order valence-corrected chi connectivity index (χ0v) is 15.5. The summed E-state index contributed by atoms with van der Waals surface area (Å²) in [5, 5.41) is 0.824. The summed E-state index contributed by atoms with van der Waals surface area (Å²) in [6.45, 7) is 4.80. The van der Waals surface area contributed by atoms with Gasteiger partial charge >= 0.3 is 0 Å². The van der Waals surface area contributed by atoms with Crippen LogP contribution in [0.5, 0.6) is 0 Å². The molecule has 0 saturated heterocycles. The van der Waals surface area contributed by atoms with Crippen molar-refractivity contribution < 1.29 is 4.79 Å². The van der Waals surface area contributed by atoms with Crippen molar-refractivity contribution in [1.29, 1.82) is 0 Å². The summed E-state index contributed by atoms with van der Waals surface area (Å²) in [5.74, 6) is 0.391. The van der Waals surface area contributed by atoms with Gasteiger partial charge in [0.25, 0.3) is 0 Å². The fourth-order valence-corrected chi connectivity index (χ4v) is 4.38. The number of carbonyl (C=O) groups excluding carboxylic acids is 1.